The van der Waals surface area contributed by atoms with E-state index in [4.69, 9.17) is 10.8 Å². The number of rotatable bonds is 3. The Kier molecular flexibility index (Phi) is 5.69. The van der Waals surface area contributed by atoms with Crippen molar-refractivity contribution in [2.45, 2.75) is 19.4 Å². The first-order valence-corrected chi connectivity index (χ1v) is 4.25. The van der Waals surface area contributed by atoms with Crippen molar-refractivity contribution in [2.24, 2.45) is 5.73 Å². The van der Waals surface area contributed by atoms with Gasteiger partial charge in [-0.15, -0.1) is 12.4 Å². The Bertz CT molecular complexity index is 293. The topological polar surface area (TPSA) is 46.2 Å². The third-order valence-corrected chi connectivity index (χ3v) is 1.92. The van der Waals surface area contributed by atoms with Gasteiger partial charge in [0.25, 0.3) is 0 Å². The molecule has 0 saturated heterocycles. The first-order chi connectivity index (χ1) is 6.13. The number of aliphatic hydroxyl groups is 1. The molecule has 80 valence electrons. The molecule has 2 nitrogen and oxygen atoms in total. The minimum absolute atomic E-state index is 0. The van der Waals surface area contributed by atoms with Crippen molar-refractivity contribution in [2.75, 3.05) is 6.61 Å². The Morgan fingerprint density at radius 1 is 1.50 bits per heavy atom. The van der Waals surface area contributed by atoms with Gasteiger partial charge in [0, 0.05) is 6.04 Å². The summed E-state index contributed by atoms with van der Waals surface area (Å²) in [5, 5.41) is 8.71. The Hall–Kier alpha value is -0.640. The molecule has 0 fully saturated rings. The number of nitrogens with two attached hydrogens (primary N) is 1. The summed E-state index contributed by atoms with van der Waals surface area (Å²) in [6.07, 6.45) is 0.379. The molecule has 0 aromatic heterocycles. The predicted octanol–water partition coefficient (Wildman–Crippen LogP) is 1.42. The van der Waals surface area contributed by atoms with Crippen LogP contribution in [0.5, 0.6) is 0 Å². The lowest BCUT2D eigenvalue weighted by Crippen LogP contribution is -2.27. The fraction of sp³-hybridized carbons (Fsp3) is 0.400. The van der Waals surface area contributed by atoms with Crippen molar-refractivity contribution in [1.82, 2.24) is 0 Å². The quantitative estimate of drug-likeness (QED) is 0.808. The number of aliphatic hydroxyl groups excluding tert-OH is 1. The average Bonchev–Trinajstić information content (AvgIpc) is 2.11. The summed E-state index contributed by atoms with van der Waals surface area (Å²) in [6.45, 7) is 1.78. The maximum atomic E-state index is 13.1. The average molecular weight is 220 g/mol. The van der Waals surface area contributed by atoms with Gasteiger partial charge in [0.05, 0.1) is 6.61 Å². The van der Waals surface area contributed by atoms with Crippen LogP contribution in [0.15, 0.2) is 18.2 Å². The lowest BCUT2D eigenvalue weighted by Gasteiger charge is -2.09. The molecule has 0 radical (unpaired) electrons. The van der Waals surface area contributed by atoms with Crippen molar-refractivity contribution >= 4 is 12.4 Å². The van der Waals surface area contributed by atoms with Crippen LogP contribution in [0.3, 0.4) is 0 Å². The molecule has 0 aliphatic heterocycles. The monoisotopic (exact) mass is 219 g/mol. The van der Waals surface area contributed by atoms with Gasteiger partial charge in [0.15, 0.2) is 0 Å². The van der Waals surface area contributed by atoms with Crippen LogP contribution in [0.25, 0.3) is 0 Å². The molecule has 0 amide bonds. The summed E-state index contributed by atoms with van der Waals surface area (Å²) >= 11 is 0. The molecule has 1 atom stereocenters. The summed E-state index contributed by atoms with van der Waals surface area (Å²) in [5.74, 6) is -0.255. The molecule has 1 rings (SSSR count). The van der Waals surface area contributed by atoms with E-state index in [1.165, 1.54) is 6.07 Å². The van der Waals surface area contributed by atoms with E-state index in [9.17, 15) is 4.39 Å². The van der Waals surface area contributed by atoms with Crippen LogP contribution < -0.4 is 5.73 Å². The van der Waals surface area contributed by atoms with Crippen LogP contribution in [0.2, 0.25) is 0 Å². The number of aryl methyl sites for hydroxylation is 1. The van der Waals surface area contributed by atoms with Gasteiger partial charge < -0.3 is 10.8 Å². The van der Waals surface area contributed by atoms with Crippen molar-refractivity contribution in [3.63, 3.8) is 0 Å². The van der Waals surface area contributed by atoms with E-state index in [-0.39, 0.29) is 30.9 Å². The van der Waals surface area contributed by atoms with Gasteiger partial charge in [-0.2, -0.15) is 0 Å². The highest BCUT2D eigenvalue weighted by atomic mass is 35.5. The summed E-state index contributed by atoms with van der Waals surface area (Å²) in [6, 6.07) is 4.51. The van der Waals surface area contributed by atoms with Crippen LogP contribution in [0, 0.1) is 12.7 Å². The van der Waals surface area contributed by atoms with E-state index in [2.05, 4.69) is 0 Å². The summed E-state index contributed by atoms with van der Waals surface area (Å²) in [5.41, 5.74) is 7.08. The molecule has 3 N–H and O–H groups in total. The smallest absolute Gasteiger partial charge is 0.126 e. The zero-order valence-corrected chi connectivity index (χ0v) is 8.85. The van der Waals surface area contributed by atoms with Crippen LogP contribution in [0.4, 0.5) is 4.39 Å². The molecule has 0 bridgehead atoms. The van der Waals surface area contributed by atoms with Gasteiger partial charge in [0.1, 0.15) is 5.82 Å². The number of halogens is 2. The highest BCUT2D eigenvalue weighted by Crippen LogP contribution is 2.11. The largest absolute Gasteiger partial charge is 0.395 e. The molecule has 4 heteroatoms. The van der Waals surface area contributed by atoms with Gasteiger partial charge >= 0.3 is 0 Å². The number of benzene rings is 1. The molecule has 0 aliphatic carbocycles. The van der Waals surface area contributed by atoms with E-state index >= 15 is 0 Å². The maximum Gasteiger partial charge on any atom is 0.126 e. The fourth-order valence-corrected chi connectivity index (χ4v) is 1.21. The van der Waals surface area contributed by atoms with Gasteiger partial charge in [-0.1, -0.05) is 17.7 Å². The standard InChI is InChI=1S/C10H14FNO.ClH/c1-7-2-3-10(11)8(4-7)5-9(12)6-13;/h2-4,9,13H,5-6,12H2,1H3;1H. The lowest BCUT2D eigenvalue weighted by molar-refractivity contribution is 0.264. The van der Waals surface area contributed by atoms with E-state index in [0.717, 1.165) is 5.56 Å². The molecular formula is C10H15ClFNO. The van der Waals surface area contributed by atoms with Gasteiger partial charge in [-0.25, -0.2) is 4.39 Å². The van der Waals surface area contributed by atoms with Crippen molar-refractivity contribution < 1.29 is 9.50 Å². The second kappa shape index (κ2) is 5.96. The molecule has 1 unspecified atom stereocenters. The summed E-state index contributed by atoms with van der Waals surface area (Å²) in [7, 11) is 0. The van der Waals surface area contributed by atoms with Gasteiger partial charge in [-0.05, 0) is 25.0 Å². The van der Waals surface area contributed by atoms with Crippen LogP contribution in [0.1, 0.15) is 11.1 Å². The highest BCUT2D eigenvalue weighted by Gasteiger charge is 2.06. The highest BCUT2D eigenvalue weighted by molar-refractivity contribution is 5.85. The zero-order chi connectivity index (χ0) is 9.84. The summed E-state index contributed by atoms with van der Waals surface area (Å²) in [4.78, 5) is 0. The van der Waals surface area contributed by atoms with Crippen molar-refractivity contribution in [3.05, 3.63) is 35.1 Å². The molecule has 1 aromatic carbocycles. The third-order valence-electron chi connectivity index (χ3n) is 1.92. The molecule has 0 heterocycles. The van der Waals surface area contributed by atoms with Crippen molar-refractivity contribution in [1.29, 1.82) is 0 Å². The number of hydrogen-bond acceptors (Lipinski definition) is 2. The first kappa shape index (κ1) is 13.4. The van der Waals surface area contributed by atoms with E-state index in [1.54, 1.807) is 12.1 Å². The third kappa shape index (κ3) is 3.62. The Balaban J connectivity index is 0.00000169. The minimum Gasteiger partial charge on any atom is -0.395 e. The predicted molar refractivity (Wildman–Crippen MR) is 57.2 cm³/mol. The van der Waals surface area contributed by atoms with Gasteiger partial charge in [0.2, 0.25) is 0 Å². The second-order valence-electron chi connectivity index (χ2n) is 3.24. The maximum absolute atomic E-state index is 13.1. The first-order valence-electron chi connectivity index (χ1n) is 4.25. The molecule has 1 aromatic rings. The molecule has 0 saturated carbocycles. The van der Waals surface area contributed by atoms with Crippen LogP contribution in [-0.4, -0.2) is 17.8 Å². The van der Waals surface area contributed by atoms with Crippen LogP contribution >= 0.6 is 12.4 Å². The molecule has 0 aliphatic rings. The molecular weight excluding hydrogens is 205 g/mol. The molecule has 0 spiro atoms. The van der Waals surface area contributed by atoms with Crippen molar-refractivity contribution in [3.8, 4) is 0 Å². The normalized spacial score (nSPS) is 12.0. The van der Waals surface area contributed by atoms with Gasteiger partial charge in [-0.3, -0.25) is 0 Å². The van der Waals surface area contributed by atoms with Crippen LogP contribution in [-0.2, 0) is 6.42 Å². The fourth-order valence-electron chi connectivity index (χ4n) is 1.21. The van der Waals surface area contributed by atoms with E-state index in [0.29, 0.717) is 12.0 Å². The Morgan fingerprint density at radius 3 is 2.71 bits per heavy atom. The second-order valence-corrected chi connectivity index (χ2v) is 3.24. The minimum atomic E-state index is -0.378. The summed E-state index contributed by atoms with van der Waals surface area (Å²) < 4.78 is 13.1. The Morgan fingerprint density at radius 2 is 2.14 bits per heavy atom. The SMILES string of the molecule is Cc1ccc(F)c(CC(N)CO)c1.Cl. The Labute approximate surface area is 89.3 Å². The molecule has 14 heavy (non-hydrogen) atoms. The van der Waals surface area contributed by atoms with E-state index in [1.807, 2.05) is 6.92 Å². The zero-order valence-electron chi connectivity index (χ0n) is 8.03. The number of hydrogen-bond donors (Lipinski definition) is 2. The van der Waals surface area contributed by atoms with E-state index < -0.39 is 0 Å². The lowest BCUT2D eigenvalue weighted by atomic mass is 10.0.